The zero-order valence-electron chi connectivity index (χ0n) is 10.8. The third kappa shape index (κ3) is 3.22. The summed E-state index contributed by atoms with van der Waals surface area (Å²) in [6.45, 7) is 0.852. The minimum atomic E-state index is 0.526. The highest BCUT2D eigenvalue weighted by Gasteiger charge is 2.27. The Morgan fingerprint density at radius 3 is 2.68 bits per heavy atom. The molecule has 19 heavy (non-hydrogen) atoms. The van der Waals surface area contributed by atoms with E-state index in [1.165, 1.54) is 18.4 Å². The zero-order valence-corrected chi connectivity index (χ0v) is 10.8. The maximum Gasteiger partial charge on any atom is 0.136 e. The van der Waals surface area contributed by atoms with E-state index in [1.54, 1.807) is 6.07 Å². The molecule has 1 aromatic carbocycles. The van der Waals surface area contributed by atoms with Crippen LogP contribution >= 0.6 is 0 Å². The minimum absolute atomic E-state index is 0.526. The van der Waals surface area contributed by atoms with E-state index in [2.05, 4.69) is 39.6 Å². The largest absolute Gasteiger partial charge is 0.384 e. The van der Waals surface area contributed by atoms with Gasteiger partial charge in [-0.05, 0) is 24.8 Å². The normalized spacial score (nSPS) is 14.3. The Balaban J connectivity index is 1.60. The Morgan fingerprint density at radius 2 is 1.95 bits per heavy atom. The van der Waals surface area contributed by atoms with Crippen LogP contribution in [0.5, 0.6) is 0 Å². The fourth-order valence-electron chi connectivity index (χ4n) is 2.08. The summed E-state index contributed by atoms with van der Waals surface area (Å²) >= 11 is 0. The van der Waals surface area contributed by atoms with Gasteiger partial charge in [-0.25, -0.2) is 9.97 Å². The smallest absolute Gasteiger partial charge is 0.136 e. The molecule has 0 amide bonds. The number of anilines is 2. The number of nitrogens with zero attached hydrogens (tertiary/aromatic N) is 2. The van der Waals surface area contributed by atoms with Gasteiger partial charge in [-0.3, -0.25) is 0 Å². The summed E-state index contributed by atoms with van der Waals surface area (Å²) in [5.41, 5.74) is 7.14. The highest BCUT2D eigenvalue weighted by Crippen LogP contribution is 2.38. The lowest BCUT2D eigenvalue weighted by Gasteiger charge is -2.08. The highest BCUT2D eigenvalue weighted by atomic mass is 15.1. The maximum absolute atomic E-state index is 5.82. The van der Waals surface area contributed by atoms with Crippen molar-refractivity contribution >= 4 is 11.6 Å². The summed E-state index contributed by atoms with van der Waals surface area (Å²) < 4.78 is 0. The van der Waals surface area contributed by atoms with Crippen LogP contribution in [0.25, 0.3) is 0 Å². The molecule has 3 rings (SSSR count). The summed E-state index contributed by atoms with van der Waals surface area (Å²) in [6.07, 6.45) is 3.35. The molecule has 2 aromatic rings. The van der Waals surface area contributed by atoms with Crippen molar-refractivity contribution in [2.24, 2.45) is 0 Å². The van der Waals surface area contributed by atoms with Crippen molar-refractivity contribution in [3.05, 3.63) is 47.8 Å². The van der Waals surface area contributed by atoms with E-state index in [-0.39, 0.29) is 0 Å². The second-order valence-electron chi connectivity index (χ2n) is 4.97. The van der Waals surface area contributed by atoms with Crippen LogP contribution in [0, 0.1) is 0 Å². The fourth-order valence-corrected chi connectivity index (χ4v) is 2.08. The molecular formula is C15H18N4. The van der Waals surface area contributed by atoms with E-state index in [0.29, 0.717) is 11.7 Å². The third-order valence-corrected chi connectivity index (χ3v) is 3.27. The van der Waals surface area contributed by atoms with Crippen molar-refractivity contribution < 1.29 is 0 Å². The number of hydrogen-bond donors (Lipinski definition) is 2. The van der Waals surface area contributed by atoms with E-state index in [0.717, 1.165) is 24.6 Å². The molecule has 0 aliphatic heterocycles. The quantitative estimate of drug-likeness (QED) is 0.860. The van der Waals surface area contributed by atoms with Crippen LogP contribution in [0.2, 0.25) is 0 Å². The molecule has 0 atom stereocenters. The van der Waals surface area contributed by atoms with Crippen molar-refractivity contribution in [2.75, 3.05) is 17.6 Å². The molecule has 1 aliphatic carbocycles. The molecule has 0 bridgehead atoms. The van der Waals surface area contributed by atoms with Crippen LogP contribution in [0.4, 0.5) is 11.6 Å². The summed E-state index contributed by atoms with van der Waals surface area (Å²) in [5.74, 6) is 2.81. The fraction of sp³-hybridized carbons (Fsp3) is 0.333. The van der Waals surface area contributed by atoms with Crippen LogP contribution in [0.1, 0.15) is 30.1 Å². The molecule has 1 aromatic heterocycles. The molecule has 4 nitrogen and oxygen atoms in total. The Hall–Kier alpha value is -2.10. The second kappa shape index (κ2) is 5.26. The number of rotatable bonds is 5. The minimum Gasteiger partial charge on any atom is -0.384 e. The topological polar surface area (TPSA) is 63.8 Å². The van der Waals surface area contributed by atoms with Gasteiger partial charge in [-0.2, -0.15) is 0 Å². The monoisotopic (exact) mass is 254 g/mol. The first-order chi connectivity index (χ1) is 9.31. The summed E-state index contributed by atoms with van der Waals surface area (Å²) in [5, 5.41) is 3.33. The van der Waals surface area contributed by atoms with E-state index in [9.17, 15) is 0 Å². The lowest BCUT2D eigenvalue weighted by atomic mass is 10.1. The highest BCUT2D eigenvalue weighted by molar-refractivity contribution is 5.45. The Kier molecular flexibility index (Phi) is 3.31. The van der Waals surface area contributed by atoms with Crippen LogP contribution < -0.4 is 11.1 Å². The molecule has 0 saturated heterocycles. The number of aromatic nitrogens is 2. The van der Waals surface area contributed by atoms with E-state index >= 15 is 0 Å². The van der Waals surface area contributed by atoms with Gasteiger partial charge in [-0.1, -0.05) is 30.3 Å². The first-order valence-corrected chi connectivity index (χ1v) is 6.73. The van der Waals surface area contributed by atoms with Gasteiger partial charge >= 0.3 is 0 Å². The number of hydrogen-bond acceptors (Lipinski definition) is 4. The average molecular weight is 254 g/mol. The van der Waals surface area contributed by atoms with Gasteiger partial charge < -0.3 is 11.1 Å². The Bertz CT molecular complexity index is 549. The molecule has 1 fully saturated rings. The lowest BCUT2D eigenvalue weighted by molar-refractivity contribution is 0.920. The van der Waals surface area contributed by atoms with E-state index in [1.807, 2.05) is 6.07 Å². The van der Waals surface area contributed by atoms with Gasteiger partial charge in [0, 0.05) is 18.5 Å². The van der Waals surface area contributed by atoms with Crippen molar-refractivity contribution in [2.45, 2.75) is 25.2 Å². The predicted octanol–water partition coefficient (Wildman–Crippen LogP) is 2.59. The van der Waals surface area contributed by atoms with Gasteiger partial charge in [-0.15, -0.1) is 0 Å². The molecular weight excluding hydrogens is 236 g/mol. The third-order valence-electron chi connectivity index (χ3n) is 3.27. The average Bonchev–Trinajstić information content (AvgIpc) is 3.24. The van der Waals surface area contributed by atoms with E-state index < -0.39 is 0 Å². The molecule has 1 aliphatic rings. The van der Waals surface area contributed by atoms with Gasteiger partial charge in [0.1, 0.15) is 17.5 Å². The summed E-state index contributed by atoms with van der Waals surface area (Å²) in [6, 6.07) is 12.2. The summed E-state index contributed by atoms with van der Waals surface area (Å²) in [4.78, 5) is 8.81. The zero-order chi connectivity index (χ0) is 13.1. The molecule has 0 radical (unpaired) electrons. The van der Waals surface area contributed by atoms with E-state index in [4.69, 9.17) is 5.73 Å². The van der Waals surface area contributed by atoms with Crippen molar-refractivity contribution in [1.29, 1.82) is 0 Å². The molecule has 98 valence electrons. The standard InChI is InChI=1S/C15H18N4/c16-13-10-14(19-15(18-13)12-6-7-12)17-9-8-11-4-2-1-3-5-11/h1-5,10,12H,6-9H2,(H3,16,17,18,19). The molecule has 3 N–H and O–H groups in total. The Morgan fingerprint density at radius 1 is 1.16 bits per heavy atom. The second-order valence-corrected chi connectivity index (χ2v) is 4.97. The molecule has 0 spiro atoms. The number of nitrogens with two attached hydrogens (primary N) is 1. The van der Waals surface area contributed by atoms with Crippen molar-refractivity contribution in [1.82, 2.24) is 9.97 Å². The molecule has 1 heterocycles. The number of nitrogen functional groups attached to an aromatic ring is 1. The lowest BCUT2D eigenvalue weighted by Crippen LogP contribution is -2.09. The van der Waals surface area contributed by atoms with Crippen LogP contribution in [-0.2, 0) is 6.42 Å². The van der Waals surface area contributed by atoms with Gasteiger partial charge in [0.25, 0.3) is 0 Å². The number of nitrogens with one attached hydrogen (secondary N) is 1. The number of benzene rings is 1. The first kappa shape index (κ1) is 12.0. The SMILES string of the molecule is Nc1cc(NCCc2ccccc2)nc(C2CC2)n1. The molecule has 1 saturated carbocycles. The van der Waals surface area contributed by atoms with Gasteiger partial charge in [0.05, 0.1) is 0 Å². The van der Waals surface area contributed by atoms with Crippen molar-refractivity contribution in [3.63, 3.8) is 0 Å². The van der Waals surface area contributed by atoms with Gasteiger partial charge in [0.15, 0.2) is 0 Å². The van der Waals surface area contributed by atoms with Crippen LogP contribution in [0.15, 0.2) is 36.4 Å². The Labute approximate surface area is 113 Å². The van der Waals surface area contributed by atoms with Gasteiger partial charge in [0.2, 0.25) is 0 Å². The molecule has 0 unspecified atom stereocenters. The molecule has 4 heteroatoms. The first-order valence-electron chi connectivity index (χ1n) is 6.73. The predicted molar refractivity (Wildman–Crippen MR) is 77.1 cm³/mol. The van der Waals surface area contributed by atoms with Crippen molar-refractivity contribution in [3.8, 4) is 0 Å². The van der Waals surface area contributed by atoms with Crippen LogP contribution in [0.3, 0.4) is 0 Å². The van der Waals surface area contributed by atoms with Crippen LogP contribution in [-0.4, -0.2) is 16.5 Å². The maximum atomic E-state index is 5.82. The summed E-state index contributed by atoms with van der Waals surface area (Å²) in [7, 11) is 0.